The molecule has 6 heteroatoms. The Morgan fingerprint density at radius 3 is 2.27 bits per heavy atom. The minimum atomic E-state index is -0.855. The largest absolute Gasteiger partial charge is 0.368 e. The van der Waals surface area contributed by atoms with Gasteiger partial charge in [0, 0.05) is 0 Å². The third-order valence-corrected chi connectivity index (χ3v) is 2.77. The zero-order valence-corrected chi connectivity index (χ0v) is 8.87. The van der Waals surface area contributed by atoms with Crippen molar-refractivity contribution >= 4 is 17.8 Å². The van der Waals surface area contributed by atoms with E-state index in [1.54, 1.807) is 0 Å². The van der Waals surface area contributed by atoms with Crippen molar-refractivity contribution in [3.05, 3.63) is 0 Å². The van der Waals surface area contributed by atoms with Gasteiger partial charge in [-0.15, -0.1) is 0 Å². The lowest BCUT2D eigenvalue weighted by Gasteiger charge is -2.22. The van der Waals surface area contributed by atoms with Gasteiger partial charge in [-0.25, -0.2) is 4.79 Å². The number of carbonyl (C=O) groups is 3. The van der Waals surface area contributed by atoms with Crippen molar-refractivity contribution in [2.24, 2.45) is 5.73 Å². The molecular weight excluding hydrogens is 198 g/mol. The number of amides is 4. The average Bonchev–Trinajstić information content (AvgIpc) is 2.42. The first-order chi connectivity index (χ1) is 6.96. The van der Waals surface area contributed by atoms with Crippen LogP contribution in [0.2, 0.25) is 0 Å². The summed E-state index contributed by atoms with van der Waals surface area (Å²) < 4.78 is 0. The quantitative estimate of drug-likeness (QED) is 0.621. The molecule has 1 fully saturated rings. The minimum absolute atomic E-state index is 0.355. The van der Waals surface area contributed by atoms with Gasteiger partial charge < -0.3 is 11.1 Å². The number of hydrogen-bond acceptors (Lipinski definition) is 3. The lowest BCUT2D eigenvalue weighted by molar-refractivity contribution is -0.134. The minimum Gasteiger partial charge on any atom is -0.368 e. The zero-order valence-electron chi connectivity index (χ0n) is 8.87. The van der Waals surface area contributed by atoms with Crippen molar-refractivity contribution in [1.82, 2.24) is 10.2 Å². The fourth-order valence-corrected chi connectivity index (χ4v) is 1.70. The Hall–Kier alpha value is -1.59. The Labute approximate surface area is 87.8 Å². The zero-order chi connectivity index (χ0) is 11.6. The van der Waals surface area contributed by atoms with Crippen molar-refractivity contribution < 1.29 is 14.4 Å². The molecule has 1 aliphatic heterocycles. The molecule has 0 unspecified atom stereocenters. The molecular formula is C9H15N3O3. The highest BCUT2D eigenvalue weighted by Crippen LogP contribution is 2.24. The van der Waals surface area contributed by atoms with Crippen LogP contribution in [0.15, 0.2) is 0 Å². The lowest BCUT2D eigenvalue weighted by atomic mass is 9.93. The topological polar surface area (TPSA) is 92.5 Å². The number of primary amides is 1. The van der Waals surface area contributed by atoms with E-state index in [1.165, 1.54) is 0 Å². The summed E-state index contributed by atoms with van der Waals surface area (Å²) in [6.07, 6.45) is 1.01. The molecule has 1 aliphatic rings. The van der Waals surface area contributed by atoms with Gasteiger partial charge in [0.2, 0.25) is 5.91 Å². The van der Waals surface area contributed by atoms with Crippen molar-refractivity contribution in [3.8, 4) is 0 Å². The fraction of sp³-hybridized carbons (Fsp3) is 0.667. The summed E-state index contributed by atoms with van der Waals surface area (Å²) in [4.78, 5) is 34.9. The number of nitrogens with two attached hydrogens (primary N) is 1. The van der Waals surface area contributed by atoms with Gasteiger partial charge in [0.05, 0.1) is 0 Å². The highest BCUT2D eigenvalue weighted by atomic mass is 16.2. The molecule has 0 radical (unpaired) electrons. The highest BCUT2D eigenvalue weighted by molar-refractivity contribution is 6.08. The van der Waals surface area contributed by atoms with E-state index in [1.807, 2.05) is 13.8 Å². The summed E-state index contributed by atoms with van der Waals surface area (Å²) >= 11 is 0. The predicted octanol–water partition coefficient (Wildman–Crippen LogP) is -0.418. The van der Waals surface area contributed by atoms with E-state index in [4.69, 9.17) is 5.73 Å². The maximum Gasteiger partial charge on any atom is 0.325 e. The molecule has 0 atom stereocenters. The van der Waals surface area contributed by atoms with E-state index in [-0.39, 0.29) is 12.5 Å². The molecule has 3 N–H and O–H groups in total. The Morgan fingerprint density at radius 1 is 1.40 bits per heavy atom. The van der Waals surface area contributed by atoms with Crippen molar-refractivity contribution in [2.75, 3.05) is 6.54 Å². The molecule has 0 saturated carbocycles. The van der Waals surface area contributed by atoms with E-state index < -0.39 is 17.5 Å². The number of nitrogens with one attached hydrogen (secondary N) is 1. The van der Waals surface area contributed by atoms with Crippen LogP contribution in [0.5, 0.6) is 0 Å². The number of urea groups is 1. The van der Waals surface area contributed by atoms with Crippen LogP contribution >= 0.6 is 0 Å². The van der Waals surface area contributed by atoms with Crippen molar-refractivity contribution in [2.45, 2.75) is 32.2 Å². The van der Waals surface area contributed by atoms with Gasteiger partial charge in [0.15, 0.2) is 0 Å². The second kappa shape index (κ2) is 3.88. The molecule has 4 amide bonds. The molecule has 6 nitrogen and oxygen atoms in total. The molecule has 84 valence electrons. The number of imide groups is 1. The normalized spacial score (nSPS) is 19.2. The molecule has 1 saturated heterocycles. The molecule has 0 aromatic rings. The van der Waals surface area contributed by atoms with Crippen LogP contribution < -0.4 is 11.1 Å². The first kappa shape index (κ1) is 11.5. The van der Waals surface area contributed by atoms with Crippen LogP contribution in [0, 0.1) is 0 Å². The van der Waals surface area contributed by atoms with Gasteiger partial charge in [-0.3, -0.25) is 14.5 Å². The molecule has 0 aromatic heterocycles. The van der Waals surface area contributed by atoms with Gasteiger partial charge in [-0.2, -0.15) is 0 Å². The van der Waals surface area contributed by atoms with E-state index in [9.17, 15) is 14.4 Å². The fourth-order valence-electron chi connectivity index (χ4n) is 1.70. The molecule has 0 aromatic carbocycles. The monoisotopic (exact) mass is 213 g/mol. The van der Waals surface area contributed by atoms with E-state index in [0.717, 1.165) is 4.90 Å². The third kappa shape index (κ3) is 1.79. The first-order valence-corrected chi connectivity index (χ1v) is 4.89. The summed E-state index contributed by atoms with van der Waals surface area (Å²) in [5, 5.41) is 2.60. The van der Waals surface area contributed by atoms with Gasteiger partial charge in [-0.05, 0) is 12.8 Å². The Balaban J connectivity index is 2.91. The average molecular weight is 213 g/mol. The van der Waals surface area contributed by atoms with Gasteiger partial charge in [0.1, 0.15) is 12.1 Å². The van der Waals surface area contributed by atoms with Gasteiger partial charge >= 0.3 is 6.03 Å². The van der Waals surface area contributed by atoms with Gasteiger partial charge in [0.25, 0.3) is 5.91 Å². The molecule has 0 spiro atoms. The number of carbonyl (C=O) groups excluding carboxylic acids is 3. The molecule has 1 heterocycles. The predicted molar refractivity (Wildman–Crippen MR) is 52.8 cm³/mol. The third-order valence-electron chi connectivity index (χ3n) is 2.77. The molecule has 0 bridgehead atoms. The van der Waals surface area contributed by atoms with E-state index in [0.29, 0.717) is 12.8 Å². The highest BCUT2D eigenvalue weighted by Gasteiger charge is 2.48. The van der Waals surface area contributed by atoms with E-state index >= 15 is 0 Å². The maximum atomic E-state index is 11.9. The summed E-state index contributed by atoms with van der Waals surface area (Å²) in [5.41, 5.74) is 4.10. The van der Waals surface area contributed by atoms with Gasteiger partial charge in [-0.1, -0.05) is 13.8 Å². The molecule has 1 rings (SSSR count). The summed E-state index contributed by atoms with van der Waals surface area (Å²) in [6, 6.07) is -0.539. The van der Waals surface area contributed by atoms with Crippen LogP contribution in [0.25, 0.3) is 0 Å². The summed E-state index contributed by atoms with van der Waals surface area (Å²) in [7, 11) is 0. The standard InChI is InChI=1S/C9H15N3O3/c1-3-9(4-2)7(14)12(5-6(10)13)8(15)11-9/h3-5H2,1-2H3,(H2,10,13)(H,11,15). The smallest absolute Gasteiger partial charge is 0.325 e. The van der Waals surface area contributed by atoms with Crippen LogP contribution in [0.3, 0.4) is 0 Å². The number of rotatable bonds is 4. The second-order valence-corrected chi connectivity index (χ2v) is 3.58. The van der Waals surface area contributed by atoms with E-state index in [2.05, 4.69) is 5.32 Å². The molecule has 15 heavy (non-hydrogen) atoms. The van der Waals surface area contributed by atoms with Crippen molar-refractivity contribution in [3.63, 3.8) is 0 Å². The SMILES string of the molecule is CCC1(CC)NC(=O)N(CC(N)=O)C1=O. The Morgan fingerprint density at radius 2 is 1.93 bits per heavy atom. The molecule has 0 aliphatic carbocycles. The van der Waals surface area contributed by atoms with Crippen LogP contribution in [0.1, 0.15) is 26.7 Å². The summed E-state index contributed by atoms with van der Waals surface area (Å²) in [6.45, 7) is 3.28. The van der Waals surface area contributed by atoms with Crippen LogP contribution in [0.4, 0.5) is 4.79 Å². The number of nitrogens with zero attached hydrogens (tertiary/aromatic N) is 1. The number of hydrogen-bond donors (Lipinski definition) is 2. The van der Waals surface area contributed by atoms with Crippen molar-refractivity contribution in [1.29, 1.82) is 0 Å². The Kier molecular flexibility index (Phi) is 2.97. The maximum absolute atomic E-state index is 11.9. The van der Waals surface area contributed by atoms with Crippen LogP contribution in [-0.4, -0.2) is 34.8 Å². The first-order valence-electron chi connectivity index (χ1n) is 4.89. The Bertz CT molecular complexity index is 310. The van der Waals surface area contributed by atoms with Crippen LogP contribution in [-0.2, 0) is 9.59 Å². The second-order valence-electron chi connectivity index (χ2n) is 3.58. The summed E-state index contributed by atoms with van der Waals surface area (Å²) in [5.74, 6) is -1.06. The lowest BCUT2D eigenvalue weighted by Crippen LogP contribution is -2.46.